The number of halogens is 1. The van der Waals surface area contributed by atoms with Crippen LogP contribution in [0.4, 0.5) is 0 Å². The molecule has 1 aliphatic rings. The number of fused-ring (bicyclic) bond motifs is 1. The number of aromatic nitrogens is 1. The monoisotopic (exact) mass is 293 g/mol. The van der Waals surface area contributed by atoms with Gasteiger partial charge in [-0.3, -0.25) is 9.59 Å². The van der Waals surface area contributed by atoms with Crippen LogP contribution in [-0.4, -0.2) is 23.8 Å². The molecule has 0 radical (unpaired) electrons. The van der Waals surface area contributed by atoms with Gasteiger partial charge in [0.05, 0.1) is 18.1 Å². The van der Waals surface area contributed by atoms with Crippen molar-refractivity contribution in [1.29, 1.82) is 0 Å². The van der Waals surface area contributed by atoms with Gasteiger partial charge in [-0.25, -0.2) is 4.98 Å². The highest BCUT2D eigenvalue weighted by molar-refractivity contribution is 6.35. The molecule has 5 nitrogen and oxygen atoms in total. The first-order valence-electron chi connectivity index (χ1n) is 6.20. The molecule has 0 spiro atoms. The van der Waals surface area contributed by atoms with Crippen LogP contribution in [0.15, 0.2) is 16.5 Å². The minimum Gasteiger partial charge on any atom is -0.469 e. The predicted octanol–water partition coefficient (Wildman–Crippen LogP) is 2.78. The largest absolute Gasteiger partial charge is 0.469 e. The summed E-state index contributed by atoms with van der Waals surface area (Å²) in [6.07, 6.45) is 0.527. The van der Waals surface area contributed by atoms with Crippen LogP contribution in [0, 0.1) is 18.8 Å². The first-order chi connectivity index (χ1) is 9.51. The van der Waals surface area contributed by atoms with Crippen LogP contribution in [0.25, 0.3) is 11.1 Å². The second kappa shape index (κ2) is 4.59. The zero-order chi connectivity index (χ0) is 14.4. The van der Waals surface area contributed by atoms with Gasteiger partial charge in [0, 0.05) is 18.4 Å². The third-order valence-electron chi connectivity index (χ3n) is 3.47. The molecule has 6 heteroatoms. The van der Waals surface area contributed by atoms with E-state index in [1.54, 1.807) is 19.1 Å². The van der Waals surface area contributed by atoms with Gasteiger partial charge in [-0.05, 0) is 18.6 Å². The van der Waals surface area contributed by atoms with Crippen molar-refractivity contribution in [1.82, 2.24) is 4.98 Å². The molecule has 0 bridgehead atoms. The highest BCUT2D eigenvalue weighted by Crippen LogP contribution is 2.42. The Balaban J connectivity index is 1.91. The first-order valence-corrected chi connectivity index (χ1v) is 6.57. The second-order valence-corrected chi connectivity index (χ2v) is 5.28. The van der Waals surface area contributed by atoms with Crippen molar-refractivity contribution in [3.05, 3.63) is 28.6 Å². The summed E-state index contributed by atoms with van der Waals surface area (Å²) in [5.74, 6) is -0.604. The van der Waals surface area contributed by atoms with Crippen LogP contribution in [0.5, 0.6) is 0 Å². The average molecular weight is 294 g/mol. The Morgan fingerprint density at radius 1 is 1.40 bits per heavy atom. The lowest BCUT2D eigenvalue weighted by atomic mass is 10.1. The Kier molecular flexibility index (Phi) is 3.01. The number of hydrogen-bond donors (Lipinski definition) is 0. The van der Waals surface area contributed by atoms with Gasteiger partial charge < -0.3 is 9.15 Å². The van der Waals surface area contributed by atoms with Crippen LogP contribution < -0.4 is 0 Å². The smallest absolute Gasteiger partial charge is 0.309 e. The summed E-state index contributed by atoms with van der Waals surface area (Å²) in [4.78, 5) is 27.9. The van der Waals surface area contributed by atoms with E-state index < -0.39 is 0 Å². The highest BCUT2D eigenvalue weighted by Gasteiger charge is 2.49. The van der Waals surface area contributed by atoms with Crippen molar-refractivity contribution in [3.8, 4) is 0 Å². The van der Waals surface area contributed by atoms with E-state index >= 15 is 0 Å². The van der Waals surface area contributed by atoms with Crippen LogP contribution in [0.1, 0.15) is 22.7 Å². The Morgan fingerprint density at radius 3 is 2.85 bits per heavy atom. The number of Topliss-reactive ketones (excluding diaryl/α,β-unsaturated/α-hetero) is 1. The Morgan fingerprint density at radius 2 is 2.15 bits per heavy atom. The number of nitrogens with zero attached hydrogens (tertiary/aromatic N) is 1. The summed E-state index contributed by atoms with van der Waals surface area (Å²) >= 11 is 6.09. The van der Waals surface area contributed by atoms with E-state index in [1.165, 1.54) is 7.11 Å². The number of carbonyl (C=O) groups is 2. The molecular weight excluding hydrogens is 282 g/mol. The normalized spacial score (nSPS) is 20.9. The molecule has 0 aliphatic heterocycles. The number of carbonyl (C=O) groups excluding carboxylic acids is 2. The number of methoxy groups -OCH3 is 1. The molecule has 0 N–H and O–H groups in total. The summed E-state index contributed by atoms with van der Waals surface area (Å²) in [7, 11) is 1.32. The third-order valence-corrected chi connectivity index (χ3v) is 3.75. The van der Waals surface area contributed by atoms with Gasteiger partial charge in [0.25, 0.3) is 0 Å². The van der Waals surface area contributed by atoms with Gasteiger partial charge in [0.15, 0.2) is 17.3 Å². The van der Waals surface area contributed by atoms with Crippen molar-refractivity contribution in [2.24, 2.45) is 11.8 Å². The zero-order valence-electron chi connectivity index (χ0n) is 11.0. The molecule has 1 heterocycles. The molecular formula is C14H12ClNO4. The first kappa shape index (κ1) is 13.1. The molecule has 2 unspecified atom stereocenters. The van der Waals surface area contributed by atoms with Gasteiger partial charge in [-0.1, -0.05) is 11.6 Å². The van der Waals surface area contributed by atoms with E-state index in [1.807, 2.05) is 0 Å². The van der Waals surface area contributed by atoms with E-state index in [0.29, 0.717) is 34.0 Å². The van der Waals surface area contributed by atoms with Gasteiger partial charge >= 0.3 is 5.97 Å². The molecule has 1 fully saturated rings. The summed E-state index contributed by atoms with van der Waals surface area (Å²) in [6, 6.07) is 3.20. The predicted molar refractivity (Wildman–Crippen MR) is 71.7 cm³/mol. The van der Waals surface area contributed by atoms with Crippen LogP contribution in [0.2, 0.25) is 5.02 Å². The molecule has 3 rings (SSSR count). The van der Waals surface area contributed by atoms with Crippen molar-refractivity contribution in [2.75, 3.05) is 7.11 Å². The van der Waals surface area contributed by atoms with Crippen molar-refractivity contribution < 1.29 is 18.7 Å². The number of ether oxygens (including phenoxy) is 1. The lowest BCUT2D eigenvalue weighted by Crippen LogP contribution is -2.10. The number of hydrogen-bond acceptors (Lipinski definition) is 5. The molecule has 1 aromatic heterocycles. The maximum atomic E-state index is 12.3. The number of aryl methyl sites for hydroxylation is 1. The van der Waals surface area contributed by atoms with Gasteiger partial charge in [0.1, 0.15) is 5.52 Å². The lowest BCUT2D eigenvalue weighted by Gasteiger charge is -2.01. The van der Waals surface area contributed by atoms with Crippen molar-refractivity contribution >= 4 is 34.5 Å². The summed E-state index contributed by atoms with van der Waals surface area (Å²) in [5, 5.41) is 0.349. The minimum atomic E-state index is -0.340. The lowest BCUT2D eigenvalue weighted by molar-refractivity contribution is -0.142. The Labute approximate surface area is 119 Å². The Bertz CT molecular complexity index is 721. The maximum Gasteiger partial charge on any atom is 0.309 e. The van der Waals surface area contributed by atoms with E-state index in [9.17, 15) is 9.59 Å². The standard InChI is InChI=1S/C14H12ClNO4/c1-6-16-11-4-7(3-10(15)13(11)20-6)12(17)8-5-9(8)14(18)19-2/h3-4,8-9H,5H2,1-2H3. The van der Waals surface area contributed by atoms with Crippen LogP contribution in [-0.2, 0) is 9.53 Å². The summed E-state index contributed by atoms with van der Waals surface area (Å²) in [6.45, 7) is 1.71. The zero-order valence-corrected chi connectivity index (χ0v) is 11.7. The maximum absolute atomic E-state index is 12.3. The van der Waals surface area contributed by atoms with Crippen LogP contribution in [0.3, 0.4) is 0 Å². The number of benzene rings is 1. The molecule has 2 atom stereocenters. The molecule has 104 valence electrons. The van der Waals surface area contributed by atoms with Gasteiger partial charge in [0.2, 0.25) is 0 Å². The van der Waals surface area contributed by atoms with Crippen molar-refractivity contribution in [3.63, 3.8) is 0 Å². The van der Waals surface area contributed by atoms with E-state index in [4.69, 9.17) is 16.0 Å². The summed E-state index contributed by atoms with van der Waals surface area (Å²) < 4.78 is 10.0. The van der Waals surface area contributed by atoms with Crippen LogP contribution >= 0.6 is 11.6 Å². The number of esters is 1. The minimum absolute atomic E-state index is 0.107. The fraction of sp³-hybridized carbons (Fsp3) is 0.357. The molecule has 1 saturated carbocycles. The molecule has 0 saturated heterocycles. The van der Waals surface area contributed by atoms with Gasteiger partial charge in [-0.2, -0.15) is 0 Å². The second-order valence-electron chi connectivity index (χ2n) is 4.88. The fourth-order valence-electron chi connectivity index (χ4n) is 2.36. The highest BCUT2D eigenvalue weighted by atomic mass is 35.5. The molecule has 20 heavy (non-hydrogen) atoms. The topological polar surface area (TPSA) is 69.4 Å². The molecule has 1 aliphatic carbocycles. The van der Waals surface area contributed by atoms with Crippen molar-refractivity contribution in [2.45, 2.75) is 13.3 Å². The average Bonchev–Trinajstić information content (AvgIpc) is 3.12. The molecule has 2 aromatic rings. The van der Waals surface area contributed by atoms with E-state index in [2.05, 4.69) is 9.72 Å². The number of rotatable bonds is 3. The molecule has 1 aromatic carbocycles. The van der Waals surface area contributed by atoms with Gasteiger partial charge in [-0.15, -0.1) is 0 Å². The third kappa shape index (κ3) is 2.08. The Hall–Kier alpha value is -1.88. The number of oxazole rings is 1. The fourth-order valence-corrected chi connectivity index (χ4v) is 2.61. The SMILES string of the molecule is COC(=O)C1CC1C(=O)c1cc(Cl)c2oc(C)nc2c1. The van der Waals surface area contributed by atoms with E-state index in [0.717, 1.165) is 0 Å². The number of ketones is 1. The van der Waals surface area contributed by atoms with E-state index in [-0.39, 0.29) is 23.6 Å². The summed E-state index contributed by atoms with van der Waals surface area (Å²) in [5.41, 5.74) is 1.47. The molecule has 0 amide bonds. The quantitative estimate of drug-likeness (QED) is 0.643.